The van der Waals surface area contributed by atoms with E-state index in [0.717, 1.165) is 12.8 Å². The van der Waals surface area contributed by atoms with Gasteiger partial charge in [-0.25, -0.2) is 12.7 Å². The van der Waals surface area contributed by atoms with Crippen LogP contribution in [-0.2, 0) is 10.0 Å². The lowest BCUT2D eigenvalue weighted by Crippen LogP contribution is -2.46. The molecule has 1 unspecified atom stereocenters. The molecule has 0 radical (unpaired) electrons. The van der Waals surface area contributed by atoms with Gasteiger partial charge in [-0.05, 0) is 26.7 Å². The van der Waals surface area contributed by atoms with E-state index in [1.807, 2.05) is 0 Å². The number of nitrogens with zero attached hydrogens (tertiary/aromatic N) is 2. The second-order valence-electron chi connectivity index (χ2n) is 4.32. The molecule has 1 rings (SSSR count). The summed E-state index contributed by atoms with van der Waals surface area (Å²) in [5, 5.41) is 11.1. The fourth-order valence-corrected chi connectivity index (χ4v) is 3.16. The molecule has 1 aliphatic rings. The lowest BCUT2D eigenvalue weighted by Gasteiger charge is -2.32. The highest BCUT2D eigenvalue weighted by molar-refractivity contribution is 7.89. The normalized spacial score (nSPS) is 24.9. The Morgan fingerprint density at radius 3 is 2.69 bits per heavy atom. The van der Waals surface area contributed by atoms with Gasteiger partial charge in [-0.15, -0.1) is 0 Å². The Bertz CT molecular complexity index is 364. The highest BCUT2D eigenvalue weighted by Gasteiger charge is 2.32. The van der Waals surface area contributed by atoms with Crippen LogP contribution >= 0.6 is 0 Å². The first-order valence-electron chi connectivity index (χ1n) is 5.36. The Balaban J connectivity index is 2.79. The standard InChI is InChI=1S/C9H19N3O3S/c1-7(2)16(14,15)12-5-3-4-8(6-12)9(10)11-13/h7-8,13H,3-6H2,1-2H3,(H2,10,11). The molecule has 0 aromatic carbocycles. The van der Waals surface area contributed by atoms with E-state index in [2.05, 4.69) is 5.16 Å². The van der Waals surface area contributed by atoms with Gasteiger partial charge in [0.2, 0.25) is 10.0 Å². The third kappa shape index (κ3) is 2.65. The molecule has 1 atom stereocenters. The summed E-state index contributed by atoms with van der Waals surface area (Å²) < 4.78 is 25.3. The van der Waals surface area contributed by atoms with E-state index in [1.54, 1.807) is 13.8 Å². The van der Waals surface area contributed by atoms with Crippen molar-refractivity contribution in [2.75, 3.05) is 13.1 Å². The van der Waals surface area contributed by atoms with E-state index in [0.29, 0.717) is 13.1 Å². The van der Waals surface area contributed by atoms with Crippen molar-refractivity contribution in [3.05, 3.63) is 0 Å². The Labute approximate surface area is 96.2 Å². The van der Waals surface area contributed by atoms with Gasteiger partial charge in [0.1, 0.15) is 5.84 Å². The molecule has 1 fully saturated rings. The topological polar surface area (TPSA) is 96.0 Å². The minimum atomic E-state index is -3.23. The van der Waals surface area contributed by atoms with Crippen LogP contribution < -0.4 is 5.73 Å². The first-order valence-corrected chi connectivity index (χ1v) is 6.86. The molecule has 0 aliphatic carbocycles. The molecule has 7 heteroatoms. The van der Waals surface area contributed by atoms with Gasteiger partial charge in [0, 0.05) is 19.0 Å². The number of hydrogen-bond donors (Lipinski definition) is 2. The molecule has 0 amide bonds. The molecule has 1 saturated heterocycles. The van der Waals surface area contributed by atoms with Gasteiger partial charge in [-0.3, -0.25) is 0 Å². The van der Waals surface area contributed by atoms with E-state index in [1.165, 1.54) is 4.31 Å². The molecule has 94 valence electrons. The van der Waals surface area contributed by atoms with Crippen molar-refractivity contribution in [3.63, 3.8) is 0 Å². The fourth-order valence-electron chi connectivity index (χ4n) is 1.79. The van der Waals surface area contributed by atoms with Crippen molar-refractivity contribution in [3.8, 4) is 0 Å². The van der Waals surface area contributed by atoms with E-state index in [-0.39, 0.29) is 11.8 Å². The zero-order valence-electron chi connectivity index (χ0n) is 9.63. The molecular weight excluding hydrogens is 230 g/mol. The van der Waals surface area contributed by atoms with Crippen LogP contribution in [0.15, 0.2) is 5.16 Å². The van der Waals surface area contributed by atoms with Crippen molar-refractivity contribution in [2.24, 2.45) is 16.8 Å². The quantitative estimate of drug-likeness (QED) is 0.323. The Morgan fingerprint density at radius 1 is 1.56 bits per heavy atom. The van der Waals surface area contributed by atoms with Crippen LogP contribution in [0.3, 0.4) is 0 Å². The number of piperidine rings is 1. The van der Waals surface area contributed by atoms with Crippen molar-refractivity contribution < 1.29 is 13.6 Å². The molecule has 0 saturated carbocycles. The van der Waals surface area contributed by atoms with Gasteiger partial charge in [0.15, 0.2) is 0 Å². The second-order valence-corrected chi connectivity index (χ2v) is 6.80. The average Bonchev–Trinajstić information content (AvgIpc) is 2.28. The summed E-state index contributed by atoms with van der Waals surface area (Å²) >= 11 is 0. The maximum atomic E-state index is 11.9. The first-order chi connectivity index (χ1) is 7.39. The maximum Gasteiger partial charge on any atom is 0.216 e. The summed E-state index contributed by atoms with van der Waals surface area (Å²) in [4.78, 5) is 0. The molecule has 1 heterocycles. The summed E-state index contributed by atoms with van der Waals surface area (Å²) in [5.41, 5.74) is 5.51. The lowest BCUT2D eigenvalue weighted by atomic mass is 9.99. The second kappa shape index (κ2) is 5.01. The minimum absolute atomic E-state index is 0.114. The monoisotopic (exact) mass is 249 g/mol. The fraction of sp³-hybridized carbons (Fsp3) is 0.889. The van der Waals surface area contributed by atoms with Gasteiger partial charge in [-0.2, -0.15) is 0 Å². The van der Waals surface area contributed by atoms with E-state index in [4.69, 9.17) is 10.9 Å². The molecular formula is C9H19N3O3S. The molecule has 6 nitrogen and oxygen atoms in total. The van der Waals surface area contributed by atoms with Crippen LogP contribution in [-0.4, -0.2) is 42.1 Å². The first kappa shape index (κ1) is 13.2. The number of hydrogen-bond acceptors (Lipinski definition) is 4. The number of rotatable bonds is 3. The highest BCUT2D eigenvalue weighted by Crippen LogP contribution is 2.21. The number of sulfonamides is 1. The Morgan fingerprint density at radius 2 is 2.19 bits per heavy atom. The predicted molar refractivity (Wildman–Crippen MR) is 61.8 cm³/mol. The van der Waals surface area contributed by atoms with Crippen LogP contribution in [0, 0.1) is 5.92 Å². The molecule has 0 aromatic heterocycles. The Hall–Kier alpha value is -0.820. The zero-order valence-corrected chi connectivity index (χ0v) is 10.4. The van der Waals surface area contributed by atoms with Crippen LogP contribution in [0.4, 0.5) is 0 Å². The maximum absolute atomic E-state index is 11.9. The largest absolute Gasteiger partial charge is 0.409 e. The van der Waals surface area contributed by atoms with Crippen LogP contribution in [0.25, 0.3) is 0 Å². The van der Waals surface area contributed by atoms with Crippen molar-refractivity contribution in [1.29, 1.82) is 0 Å². The van der Waals surface area contributed by atoms with E-state index < -0.39 is 15.3 Å². The molecule has 3 N–H and O–H groups in total. The molecule has 0 aromatic rings. The van der Waals surface area contributed by atoms with E-state index >= 15 is 0 Å². The van der Waals surface area contributed by atoms with Gasteiger partial charge in [0.05, 0.1) is 5.25 Å². The number of amidine groups is 1. The van der Waals surface area contributed by atoms with E-state index in [9.17, 15) is 8.42 Å². The smallest absolute Gasteiger partial charge is 0.216 e. The van der Waals surface area contributed by atoms with Gasteiger partial charge < -0.3 is 10.9 Å². The number of nitrogens with two attached hydrogens (primary N) is 1. The summed E-state index contributed by atoms with van der Waals surface area (Å²) in [6.45, 7) is 4.15. The highest BCUT2D eigenvalue weighted by atomic mass is 32.2. The van der Waals surface area contributed by atoms with Crippen LogP contribution in [0.1, 0.15) is 26.7 Å². The molecule has 0 spiro atoms. The minimum Gasteiger partial charge on any atom is -0.409 e. The molecule has 0 bridgehead atoms. The van der Waals surface area contributed by atoms with Crippen molar-refractivity contribution >= 4 is 15.9 Å². The summed E-state index contributed by atoms with van der Waals surface area (Å²) in [7, 11) is -3.23. The van der Waals surface area contributed by atoms with Crippen molar-refractivity contribution in [2.45, 2.75) is 31.9 Å². The zero-order chi connectivity index (χ0) is 12.3. The van der Waals surface area contributed by atoms with Crippen LogP contribution in [0.5, 0.6) is 0 Å². The van der Waals surface area contributed by atoms with Gasteiger partial charge in [0.25, 0.3) is 0 Å². The summed E-state index contributed by atoms with van der Waals surface area (Å²) in [6.07, 6.45) is 1.51. The predicted octanol–water partition coefficient (Wildman–Crippen LogP) is 0.183. The van der Waals surface area contributed by atoms with Gasteiger partial charge >= 0.3 is 0 Å². The lowest BCUT2D eigenvalue weighted by molar-refractivity contribution is 0.286. The third-order valence-electron chi connectivity index (χ3n) is 2.87. The van der Waals surface area contributed by atoms with Crippen molar-refractivity contribution in [1.82, 2.24) is 4.31 Å². The summed E-state index contributed by atoms with van der Waals surface area (Å²) in [5.74, 6) is -0.0593. The van der Waals surface area contributed by atoms with Crippen LogP contribution in [0.2, 0.25) is 0 Å². The Kier molecular flexibility index (Phi) is 4.15. The van der Waals surface area contributed by atoms with Gasteiger partial charge in [-0.1, -0.05) is 5.16 Å². The average molecular weight is 249 g/mol. The summed E-state index contributed by atoms with van der Waals surface area (Å²) in [6, 6.07) is 0. The molecule has 16 heavy (non-hydrogen) atoms. The number of oxime groups is 1. The SMILES string of the molecule is CC(C)S(=O)(=O)N1CCCC(C(N)=NO)C1. The third-order valence-corrected chi connectivity index (χ3v) is 5.12. The molecule has 1 aliphatic heterocycles.